The number of halogens is 6. The lowest BCUT2D eigenvalue weighted by Gasteiger charge is -2.10. The molecule has 1 aromatic carbocycles. The molecule has 2 heterocycles. The molecule has 3 rings (SSSR count). The minimum absolute atomic E-state index is 0.0280. The number of esters is 1. The Bertz CT molecular complexity index is 1170. The molecule has 0 bridgehead atoms. The number of hydrogen-bond donors (Lipinski definition) is 1. The number of ether oxygens (including phenoxy) is 2. The number of nitrogens with one attached hydrogen (secondary N) is 1. The zero-order chi connectivity index (χ0) is 25.1. The monoisotopic (exact) mass is 488 g/mol. The minimum atomic E-state index is -4.85. The Hall–Kier alpha value is -4.10. The summed E-state index contributed by atoms with van der Waals surface area (Å²) < 4.78 is 84.2. The molecule has 0 radical (unpaired) electrons. The van der Waals surface area contributed by atoms with E-state index < -0.39 is 42.3 Å². The third-order valence-electron chi connectivity index (χ3n) is 4.23. The zero-order valence-corrected chi connectivity index (χ0v) is 17.1. The Labute approximate surface area is 187 Å². The van der Waals surface area contributed by atoms with E-state index in [4.69, 9.17) is 4.74 Å². The number of benzene rings is 1. The number of rotatable bonds is 6. The summed E-state index contributed by atoms with van der Waals surface area (Å²) in [5.74, 6) is -2.15. The molecular formula is C20H14F6N4O4. The van der Waals surface area contributed by atoms with Gasteiger partial charge in [0.15, 0.2) is 12.4 Å². The summed E-state index contributed by atoms with van der Waals surface area (Å²) in [6, 6.07) is 6.19. The first-order chi connectivity index (χ1) is 15.8. The second-order valence-electron chi connectivity index (χ2n) is 6.65. The van der Waals surface area contributed by atoms with Crippen LogP contribution in [0, 0.1) is 6.92 Å². The molecule has 0 atom stereocenters. The Balaban J connectivity index is 1.58. The van der Waals surface area contributed by atoms with Gasteiger partial charge in [-0.1, -0.05) is 0 Å². The molecule has 8 nitrogen and oxygen atoms in total. The Kier molecular flexibility index (Phi) is 6.79. The topological polar surface area (TPSA) is 95.3 Å². The molecule has 2 aromatic heterocycles. The summed E-state index contributed by atoms with van der Waals surface area (Å²) in [4.78, 5) is 27.9. The lowest BCUT2D eigenvalue weighted by Crippen LogP contribution is -2.21. The maximum absolute atomic E-state index is 12.7. The molecule has 0 aliphatic rings. The number of hydrogen-bond acceptors (Lipinski definition) is 6. The van der Waals surface area contributed by atoms with Gasteiger partial charge >= 0.3 is 18.5 Å². The second-order valence-corrected chi connectivity index (χ2v) is 6.65. The van der Waals surface area contributed by atoms with E-state index in [1.807, 2.05) is 0 Å². The summed E-state index contributed by atoms with van der Waals surface area (Å²) in [6.07, 6.45) is -7.68. The van der Waals surface area contributed by atoms with Crippen molar-refractivity contribution in [3.63, 3.8) is 0 Å². The van der Waals surface area contributed by atoms with E-state index in [0.717, 1.165) is 47.3 Å². The van der Waals surface area contributed by atoms with Crippen molar-refractivity contribution in [3.8, 4) is 11.6 Å². The molecule has 34 heavy (non-hydrogen) atoms. The highest BCUT2D eigenvalue weighted by atomic mass is 19.4. The Morgan fingerprint density at radius 3 is 2.24 bits per heavy atom. The highest BCUT2D eigenvalue weighted by Gasteiger charge is 2.31. The quantitative estimate of drug-likeness (QED) is 0.411. The van der Waals surface area contributed by atoms with Crippen LogP contribution >= 0.6 is 0 Å². The van der Waals surface area contributed by atoms with Crippen LogP contribution in [0.25, 0.3) is 5.82 Å². The van der Waals surface area contributed by atoms with Gasteiger partial charge in [-0.3, -0.25) is 4.79 Å². The fourth-order valence-electron chi connectivity index (χ4n) is 2.67. The van der Waals surface area contributed by atoms with Crippen LogP contribution in [0.3, 0.4) is 0 Å². The van der Waals surface area contributed by atoms with Crippen molar-refractivity contribution < 1.29 is 45.4 Å². The van der Waals surface area contributed by atoms with Crippen molar-refractivity contribution in [3.05, 3.63) is 65.6 Å². The molecule has 0 saturated heterocycles. The number of nitrogens with zero attached hydrogens (tertiary/aromatic N) is 3. The van der Waals surface area contributed by atoms with Gasteiger partial charge in [0, 0.05) is 11.9 Å². The fourth-order valence-corrected chi connectivity index (χ4v) is 2.67. The van der Waals surface area contributed by atoms with Crippen molar-refractivity contribution >= 4 is 17.6 Å². The molecule has 0 fully saturated rings. The lowest BCUT2D eigenvalue weighted by atomic mass is 10.2. The standard InChI is InChI=1S/C20H14F6N4O4/c1-11-15(9-28-30(11)16-7-2-12(8-27-16)19(21,22)23)18(32)33-10-17(31)29-13-3-5-14(6-4-13)34-20(24,25)26/h2-9H,10H2,1H3,(H,29,31). The van der Waals surface area contributed by atoms with Gasteiger partial charge in [0.2, 0.25) is 0 Å². The van der Waals surface area contributed by atoms with E-state index in [9.17, 15) is 35.9 Å². The lowest BCUT2D eigenvalue weighted by molar-refractivity contribution is -0.274. The SMILES string of the molecule is Cc1c(C(=O)OCC(=O)Nc2ccc(OC(F)(F)F)cc2)cnn1-c1ccc(C(F)(F)F)cn1. The predicted molar refractivity (Wildman–Crippen MR) is 103 cm³/mol. The number of amides is 1. The van der Waals surface area contributed by atoms with Gasteiger partial charge in [-0.2, -0.15) is 18.3 Å². The highest BCUT2D eigenvalue weighted by molar-refractivity contribution is 5.95. The van der Waals surface area contributed by atoms with E-state index in [0.29, 0.717) is 6.20 Å². The molecule has 0 aliphatic carbocycles. The molecule has 0 unspecified atom stereocenters. The van der Waals surface area contributed by atoms with Crippen molar-refractivity contribution in [2.45, 2.75) is 19.5 Å². The molecule has 14 heteroatoms. The molecule has 0 spiro atoms. The van der Waals surface area contributed by atoms with Gasteiger partial charge in [-0.15, -0.1) is 13.2 Å². The van der Waals surface area contributed by atoms with Crippen LogP contribution in [-0.4, -0.2) is 39.6 Å². The Morgan fingerprint density at radius 2 is 1.68 bits per heavy atom. The average Bonchev–Trinajstić information content (AvgIpc) is 3.13. The number of carbonyl (C=O) groups is 2. The predicted octanol–water partition coefficient (Wildman–Crippen LogP) is 4.29. The number of pyridine rings is 1. The summed E-state index contributed by atoms with van der Waals surface area (Å²) in [6.45, 7) is 0.733. The van der Waals surface area contributed by atoms with E-state index in [-0.39, 0.29) is 22.8 Å². The first-order valence-electron chi connectivity index (χ1n) is 9.24. The maximum Gasteiger partial charge on any atom is 0.573 e. The van der Waals surface area contributed by atoms with Crippen molar-refractivity contribution in [2.24, 2.45) is 0 Å². The van der Waals surface area contributed by atoms with E-state index in [1.54, 1.807) is 0 Å². The van der Waals surface area contributed by atoms with Crippen LogP contribution < -0.4 is 10.1 Å². The second kappa shape index (κ2) is 9.41. The molecule has 1 N–H and O–H groups in total. The molecule has 1 amide bonds. The fraction of sp³-hybridized carbons (Fsp3) is 0.200. The van der Waals surface area contributed by atoms with Crippen LogP contribution in [0.1, 0.15) is 21.6 Å². The van der Waals surface area contributed by atoms with Crippen LogP contribution in [0.4, 0.5) is 32.0 Å². The van der Waals surface area contributed by atoms with Gasteiger partial charge < -0.3 is 14.8 Å². The number of alkyl halides is 6. The smallest absolute Gasteiger partial charge is 0.452 e. The number of anilines is 1. The van der Waals surface area contributed by atoms with Crippen LogP contribution in [0.15, 0.2) is 48.8 Å². The number of aromatic nitrogens is 3. The first kappa shape index (κ1) is 24.5. The van der Waals surface area contributed by atoms with Crippen LogP contribution in [0.5, 0.6) is 5.75 Å². The van der Waals surface area contributed by atoms with Crippen molar-refractivity contribution in [1.29, 1.82) is 0 Å². The zero-order valence-electron chi connectivity index (χ0n) is 17.1. The highest BCUT2D eigenvalue weighted by Crippen LogP contribution is 2.29. The first-order valence-corrected chi connectivity index (χ1v) is 9.24. The van der Waals surface area contributed by atoms with Gasteiger partial charge in [0.25, 0.3) is 5.91 Å². The number of carbonyl (C=O) groups excluding carboxylic acids is 2. The van der Waals surface area contributed by atoms with Crippen molar-refractivity contribution in [2.75, 3.05) is 11.9 Å². The molecule has 0 saturated carbocycles. The summed E-state index contributed by atoms with van der Waals surface area (Å²) in [5.41, 5.74) is -0.664. The van der Waals surface area contributed by atoms with E-state index in [2.05, 4.69) is 20.1 Å². The van der Waals surface area contributed by atoms with Crippen LogP contribution in [-0.2, 0) is 15.7 Å². The normalized spacial score (nSPS) is 11.7. The van der Waals surface area contributed by atoms with Gasteiger partial charge in [0.1, 0.15) is 11.3 Å². The van der Waals surface area contributed by atoms with E-state index >= 15 is 0 Å². The third-order valence-corrected chi connectivity index (χ3v) is 4.23. The molecular weight excluding hydrogens is 474 g/mol. The molecule has 3 aromatic rings. The summed E-state index contributed by atoms with van der Waals surface area (Å²) in [5, 5.41) is 6.23. The van der Waals surface area contributed by atoms with Crippen molar-refractivity contribution in [1.82, 2.24) is 14.8 Å². The third kappa shape index (κ3) is 6.24. The van der Waals surface area contributed by atoms with Gasteiger partial charge in [0.05, 0.1) is 17.5 Å². The van der Waals surface area contributed by atoms with Gasteiger partial charge in [-0.25, -0.2) is 14.5 Å². The molecule has 0 aliphatic heterocycles. The van der Waals surface area contributed by atoms with Gasteiger partial charge in [-0.05, 0) is 43.3 Å². The maximum atomic E-state index is 12.7. The van der Waals surface area contributed by atoms with E-state index in [1.165, 1.54) is 6.92 Å². The average molecular weight is 488 g/mol. The van der Waals surface area contributed by atoms with Crippen LogP contribution in [0.2, 0.25) is 0 Å². The summed E-state index contributed by atoms with van der Waals surface area (Å²) in [7, 11) is 0. The molecule has 180 valence electrons. The summed E-state index contributed by atoms with van der Waals surface area (Å²) >= 11 is 0. The Morgan fingerprint density at radius 1 is 1.00 bits per heavy atom. The minimum Gasteiger partial charge on any atom is -0.452 e. The largest absolute Gasteiger partial charge is 0.573 e.